The molecule has 0 aromatic heterocycles. The quantitative estimate of drug-likeness (QED) is 0.584. The van der Waals surface area contributed by atoms with Gasteiger partial charge in [-0.15, -0.1) is 0 Å². The first kappa shape index (κ1) is 23.9. The highest BCUT2D eigenvalue weighted by atomic mass is 32.2. The van der Waals surface area contributed by atoms with Gasteiger partial charge in [0.1, 0.15) is 17.7 Å². The fraction of sp³-hybridized carbons (Fsp3) is 0.875. The topological polar surface area (TPSA) is 126 Å². The number of alkyl carbamates (subject to hydrolysis) is 1. The molecule has 0 aromatic carbocycles. The van der Waals surface area contributed by atoms with Gasteiger partial charge in [-0.05, 0) is 89.9 Å². The zero-order valence-corrected chi connectivity index (χ0v) is 21.2. The van der Waals surface area contributed by atoms with E-state index < -0.39 is 44.9 Å². The third-order valence-electron chi connectivity index (χ3n) is 8.41. The first-order valence-electron chi connectivity index (χ1n) is 12.3. The number of amides is 2. The van der Waals surface area contributed by atoms with E-state index in [2.05, 4.69) is 11.4 Å². The van der Waals surface area contributed by atoms with Gasteiger partial charge in [0.2, 0.25) is 5.91 Å². The summed E-state index contributed by atoms with van der Waals surface area (Å²) in [6, 6.07) is 0.948. The van der Waals surface area contributed by atoms with E-state index in [0.717, 1.165) is 31.9 Å². The van der Waals surface area contributed by atoms with Crippen LogP contribution < -0.4 is 5.32 Å². The second kappa shape index (κ2) is 7.57. The molecule has 3 unspecified atom stereocenters. The van der Waals surface area contributed by atoms with Crippen LogP contribution in [0.1, 0.15) is 72.1 Å². The average molecular weight is 494 g/mol. The minimum absolute atomic E-state index is 0.0511. The van der Waals surface area contributed by atoms with Crippen molar-refractivity contribution < 1.29 is 26.9 Å². The van der Waals surface area contributed by atoms with Gasteiger partial charge in [0.05, 0.1) is 17.9 Å². The minimum Gasteiger partial charge on any atom is -0.444 e. The molecule has 6 rings (SSSR count). The molecule has 5 saturated carbocycles. The molecule has 5 aliphatic carbocycles. The number of carbonyl (C=O) groups is 2. The van der Waals surface area contributed by atoms with Crippen molar-refractivity contribution in [3.63, 3.8) is 0 Å². The van der Waals surface area contributed by atoms with Crippen LogP contribution in [0.25, 0.3) is 0 Å². The zero-order valence-electron chi connectivity index (χ0n) is 20.4. The Labute approximate surface area is 201 Å². The molecule has 6 aliphatic rings. The van der Waals surface area contributed by atoms with Crippen molar-refractivity contribution in [1.29, 1.82) is 5.26 Å². The predicted molar refractivity (Wildman–Crippen MR) is 122 cm³/mol. The molecule has 8 atom stereocenters. The number of hydrogen-bond acceptors (Lipinski definition) is 7. The Morgan fingerprint density at radius 3 is 2.32 bits per heavy atom. The van der Waals surface area contributed by atoms with Crippen molar-refractivity contribution in [2.24, 2.45) is 23.2 Å². The number of nitrogens with zero attached hydrogens (tertiary/aromatic N) is 2. The van der Waals surface area contributed by atoms with Gasteiger partial charge in [-0.3, -0.25) is 8.98 Å². The monoisotopic (exact) mass is 493 g/mol. The molecule has 4 bridgehead atoms. The van der Waals surface area contributed by atoms with Crippen LogP contribution in [-0.2, 0) is 23.8 Å². The van der Waals surface area contributed by atoms with Crippen LogP contribution in [0.5, 0.6) is 0 Å². The first-order valence-corrected chi connectivity index (χ1v) is 14.2. The van der Waals surface area contributed by atoms with Crippen molar-refractivity contribution in [1.82, 2.24) is 10.2 Å². The van der Waals surface area contributed by atoms with E-state index in [1.165, 1.54) is 0 Å². The summed E-state index contributed by atoms with van der Waals surface area (Å²) in [5.74, 6) is 0.585. The molecule has 9 nitrogen and oxygen atoms in total. The second-order valence-corrected chi connectivity index (χ2v) is 14.1. The van der Waals surface area contributed by atoms with Crippen LogP contribution in [-0.4, -0.2) is 60.9 Å². The Hall–Kier alpha value is -1.86. The smallest absolute Gasteiger partial charge is 0.408 e. The maximum Gasteiger partial charge on any atom is 0.408 e. The van der Waals surface area contributed by atoms with Crippen LogP contribution >= 0.6 is 0 Å². The van der Waals surface area contributed by atoms with E-state index in [0.29, 0.717) is 31.6 Å². The third-order valence-corrected chi connectivity index (χ3v) is 9.07. The van der Waals surface area contributed by atoms with Gasteiger partial charge in [-0.25, -0.2) is 4.79 Å². The summed E-state index contributed by atoms with van der Waals surface area (Å²) in [6.45, 7) is 5.30. The summed E-state index contributed by atoms with van der Waals surface area (Å²) >= 11 is 0. The van der Waals surface area contributed by atoms with Crippen molar-refractivity contribution in [2.75, 3.05) is 6.26 Å². The predicted octanol–water partition coefficient (Wildman–Crippen LogP) is 2.71. The van der Waals surface area contributed by atoms with Gasteiger partial charge in [-0.2, -0.15) is 13.7 Å². The van der Waals surface area contributed by atoms with Crippen molar-refractivity contribution in [3.05, 3.63) is 0 Å². The molecule has 1 saturated heterocycles. The summed E-state index contributed by atoms with van der Waals surface area (Å²) in [6.07, 6.45) is 6.11. The van der Waals surface area contributed by atoms with Gasteiger partial charge >= 0.3 is 6.09 Å². The standard InChI is InChI=1S/C24H35N3O6S/c1-22(2,3)32-21(29)26-19(20(28)27-17(12-25)6-16-7-18(16)27)23-8-14-5-15(9-23)11-24(10-14,13-23)33-34(4,30)31/h14-19H,5-11,13H2,1-4H3,(H,26,29)/t14-,15?,16+,17-,18-,19+,23?,24?/m0/s1. The Balaban J connectivity index is 1.50. The molecule has 1 N–H and O–H groups in total. The second-order valence-electron chi connectivity index (χ2n) is 12.6. The van der Waals surface area contributed by atoms with Gasteiger partial charge in [0, 0.05) is 11.5 Å². The summed E-state index contributed by atoms with van der Waals surface area (Å²) in [5, 5.41) is 12.6. The van der Waals surface area contributed by atoms with Crippen LogP contribution in [0.15, 0.2) is 0 Å². The molecular formula is C24H35N3O6S. The van der Waals surface area contributed by atoms with E-state index in [1.54, 1.807) is 25.7 Å². The highest BCUT2D eigenvalue weighted by molar-refractivity contribution is 7.86. The Kier molecular flexibility index (Phi) is 5.31. The van der Waals surface area contributed by atoms with Crippen LogP contribution in [0.2, 0.25) is 0 Å². The lowest BCUT2D eigenvalue weighted by Gasteiger charge is -2.62. The summed E-state index contributed by atoms with van der Waals surface area (Å²) in [4.78, 5) is 28.7. The molecule has 1 heterocycles. The molecule has 2 amide bonds. The Bertz CT molecular complexity index is 1030. The highest BCUT2D eigenvalue weighted by Gasteiger charge is 2.65. The zero-order chi connectivity index (χ0) is 24.7. The fourth-order valence-electron chi connectivity index (χ4n) is 7.94. The molecule has 0 aromatic rings. The summed E-state index contributed by atoms with van der Waals surface area (Å²) in [5.41, 5.74) is -2.20. The van der Waals surface area contributed by atoms with E-state index in [9.17, 15) is 23.3 Å². The van der Waals surface area contributed by atoms with E-state index in [1.807, 2.05) is 0 Å². The summed E-state index contributed by atoms with van der Waals surface area (Å²) in [7, 11) is -3.69. The van der Waals surface area contributed by atoms with E-state index >= 15 is 0 Å². The van der Waals surface area contributed by atoms with Crippen molar-refractivity contribution in [3.8, 4) is 6.07 Å². The minimum atomic E-state index is -3.69. The third kappa shape index (κ3) is 4.30. The number of nitriles is 1. The number of nitrogens with one attached hydrogen (secondary N) is 1. The molecule has 1 aliphatic heterocycles. The van der Waals surface area contributed by atoms with Crippen molar-refractivity contribution >= 4 is 22.1 Å². The summed E-state index contributed by atoms with van der Waals surface area (Å²) < 4.78 is 35.6. The average Bonchev–Trinajstić information content (AvgIpc) is 3.31. The first-order chi connectivity index (χ1) is 15.7. The number of carbonyl (C=O) groups excluding carboxylic acids is 2. The van der Waals surface area contributed by atoms with Crippen LogP contribution in [0.3, 0.4) is 0 Å². The van der Waals surface area contributed by atoms with Gasteiger partial charge in [0.25, 0.3) is 10.1 Å². The Morgan fingerprint density at radius 1 is 1.12 bits per heavy atom. The molecule has 0 spiro atoms. The number of hydrogen-bond donors (Lipinski definition) is 1. The lowest BCUT2D eigenvalue weighted by Crippen LogP contribution is -2.67. The largest absolute Gasteiger partial charge is 0.444 e. The molecule has 6 fully saturated rings. The number of fused-ring (bicyclic) bond motifs is 1. The lowest BCUT2D eigenvalue weighted by atomic mass is 9.46. The molecule has 0 radical (unpaired) electrons. The van der Waals surface area contributed by atoms with Gasteiger partial charge in [-0.1, -0.05) is 0 Å². The van der Waals surface area contributed by atoms with E-state index in [-0.39, 0.29) is 23.8 Å². The number of likely N-dealkylation sites (tertiary alicyclic amines) is 1. The maximum atomic E-state index is 14.1. The molecule has 10 heteroatoms. The van der Waals surface area contributed by atoms with Crippen LogP contribution in [0.4, 0.5) is 4.79 Å². The number of rotatable bonds is 5. The molecular weight excluding hydrogens is 458 g/mol. The van der Waals surface area contributed by atoms with Crippen LogP contribution in [0, 0.1) is 34.5 Å². The normalized spacial score (nSPS) is 40.9. The van der Waals surface area contributed by atoms with Crippen molar-refractivity contribution in [2.45, 2.75) is 101 Å². The number of ether oxygens (including phenoxy) is 1. The fourth-order valence-corrected chi connectivity index (χ4v) is 8.78. The van der Waals surface area contributed by atoms with E-state index in [4.69, 9.17) is 8.92 Å². The van der Waals surface area contributed by atoms with Gasteiger partial charge < -0.3 is 15.0 Å². The molecule has 188 valence electrons. The SMILES string of the molecule is CC(C)(C)OC(=O)N[C@H](C(=O)N1[C@H](C#N)C[C@@H]2C[C@@H]21)C12CC3C[C@H](CC(OS(C)(=O)=O)(C3)C1)C2. The number of piperidine rings is 1. The Morgan fingerprint density at radius 2 is 1.76 bits per heavy atom. The maximum absolute atomic E-state index is 14.1. The molecule has 34 heavy (non-hydrogen) atoms. The lowest BCUT2D eigenvalue weighted by molar-refractivity contribution is -0.170. The highest BCUT2D eigenvalue weighted by Crippen LogP contribution is 2.64. The van der Waals surface area contributed by atoms with Gasteiger partial charge in [0.15, 0.2) is 0 Å².